The number of anilines is 1. The molecule has 0 aliphatic carbocycles. The van der Waals surface area contributed by atoms with Gasteiger partial charge in [-0.2, -0.15) is 0 Å². The highest BCUT2D eigenvalue weighted by atomic mass is 32.2. The predicted molar refractivity (Wildman–Crippen MR) is 122 cm³/mol. The van der Waals surface area contributed by atoms with Crippen LogP contribution in [0.15, 0.2) is 84.3 Å². The number of non-ortho nitro benzene ring substituents is 1. The van der Waals surface area contributed by atoms with E-state index in [1.54, 1.807) is 25.4 Å². The van der Waals surface area contributed by atoms with Crippen LogP contribution in [0.5, 0.6) is 0 Å². The molecule has 0 aliphatic rings. The first-order valence-electron chi connectivity index (χ1n) is 9.66. The number of nitro benzene ring substituents is 1. The van der Waals surface area contributed by atoms with Gasteiger partial charge in [-0.15, -0.1) is 10.2 Å². The fourth-order valence-corrected chi connectivity index (χ4v) is 3.86. The van der Waals surface area contributed by atoms with E-state index in [0.29, 0.717) is 16.7 Å². The van der Waals surface area contributed by atoms with E-state index >= 15 is 0 Å². The molecule has 0 saturated carbocycles. The summed E-state index contributed by atoms with van der Waals surface area (Å²) in [5.41, 5.74) is 1.97. The van der Waals surface area contributed by atoms with Crippen LogP contribution in [0.3, 0.4) is 0 Å². The van der Waals surface area contributed by atoms with Crippen LogP contribution in [-0.2, 0) is 4.79 Å². The Kier molecular flexibility index (Phi) is 6.22. The summed E-state index contributed by atoms with van der Waals surface area (Å²) in [6, 6.07) is 19.1. The second-order valence-corrected chi connectivity index (χ2v) is 8.08. The Balaban J connectivity index is 1.60. The lowest BCUT2D eigenvalue weighted by molar-refractivity contribution is -0.384. The van der Waals surface area contributed by atoms with Gasteiger partial charge in [0.25, 0.3) is 5.69 Å². The molecule has 1 N–H and O–H groups in total. The molecule has 0 fully saturated rings. The van der Waals surface area contributed by atoms with Gasteiger partial charge < -0.3 is 5.32 Å². The van der Waals surface area contributed by atoms with Crippen LogP contribution in [-0.4, -0.2) is 35.8 Å². The van der Waals surface area contributed by atoms with E-state index in [2.05, 4.69) is 20.5 Å². The minimum atomic E-state index is -0.536. The van der Waals surface area contributed by atoms with Crippen molar-refractivity contribution in [2.75, 3.05) is 5.32 Å². The summed E-state index contributed by atoms with van der Waals surface area (Å²) >= 11 is 1.25. The smallest absolute Gasteiger partial charge is 0.271 e. The number of benzene rings is 2. The first-order chi connectivity index (χ1) is 15.5. The maximum Gasteiger partial charge on any atom is 0.271 e. The van der Waals surface area contributed by atoms with Gasteiger partial charge in [0.1, 0.15) is 0 Å². The van der Waals surface area contributed by atoms with Crippen LogP contribution < -0.4 is 5.32 Å². The van der Waals surface area contributed by atoms with Gasteiger partial charge in [0.2, 0.25) is 5.91 Å². The summed E-state index contributed by atoms with van der Waals surface area (Å²) in [7, 11) is 0. The van der Waals surface area contributed by atoms with Gasteiger partial charge in [-0.25, -0.2) is 0 Å². The van der Waals surface area contributed by atoms with E-state index in [-0.39, 0.29) is 11.6 Å². The molecule has 2 aromatic heterocycles. The van der Waals surface area contributed by atoms with Crippen molar-refractivity contribution in [2.24, 2.45) is 0 Å². The normalized spacial score (nSPS) is 11.7. The van der Waals surface area contributed by atoms with Crippen LogP contribution in [0, 0.1) is 10.1 Å². The minimum absolute atomic E-state index is 0.0890. The van der Waals surface area contributed by atoms with Gasteiger partial charge in [0.05, 0.1) is 10.2 Å². The molecule has 1 unspecified atom stereocenters. The molecule has 0 spiro atoms. The van der Waals surface area contributed by atoms with E-state index in [4.69, 9.17) is 0 Å². The van der Waals surface area contributed by atoms with Gasteiger partial charge in [0, 0.05) is 41.5 Å². The number of rotatable bonds is 7. The summed E-state index contributed by atoms with van der Waals surface area (Å²) in [4.78, 5) is 27.3. The number of nitrogens with one attached hydrogen (secondary N) is 1. The van der Waals surface area contributed by atoms with Crippen molar-refractivity contribution < 1.29 is 9.72 Å². The van der Waals surface area contributed by atoms with Crippen molar-refractivity contribution >= 4 is 29.0 Å². The Morgan fingerprint density at radius 2 is 1.81 bits per heavy atom. The second kappa shape index (κ2) is 9.40. The monoisotopic (exact) mass is 446 g/mol. The third-order valence-corrected chi connectivity index (χ3v) is 5.60. The largest absolute Gasteiger partial charge is 0.325 e. The van der Waals surface area contributed by atoms with Crippen molar-refractivity contribution in [3.63, 3.8) is 0 Å². The summed E-state index contributed by atoms with van der Waals surface area (Å²) in [5, 5.41) is 22.4. The number of hydrogen-bond acceptors (Lipinski definition) is 7. The average Bonchev–Trinajstić information content (AvgIpc) is 3.23. The van der Waals surface area contributed by atoms with Crippen LogP contribution in [0.4, 0.5) is 11.4 Å². The van der Waals surface area contributed by atoms with Crippen LogP contribution in [0.25, 0.3) is 17.1 Å². The Morgan fingerprint density at radius 1 is 1.06 bits per heavy atom. The molecule has 4 aromatic rings. The standard InChI is InChI=1S/C22H18N6O3S/c1-15(21(29)24-17-6-5-9-19(14-17)28(30)31)32-22-26-25-20(16-10-12-23-13-11-16)27(22)18-7-3-2-4-8-18/h2-15H,1H3,(H,24,29). The molecule has 9 nitrogen and oxygen atoms in total. The highest BCUT2D eigenvalue weighted by Gasteiger charge is 2.22. The first kappa shape index (κ1) is 21.2. The zero-order chi connectivity index (χ0) is 22.5. The van der Waals surface area contributed by atoms with E-state index < -0.39 is 10.2 Å². The molecular formula is C22H18N6O3S. The number of carbonyl (C=O) groups excluding carboxylic acids is 1. The summed E-state index contributed by atoms with van der Waals surface area (Å²) in [5.74, 6) is 0.330. The van der Waals surface area contributed by atoms with Crippen LogP contribution >= 0.6 is 11.8 Å². The number of aromatic nitrogens is 4. The van der Waals surface area contributed by atoms with E-state index in [1.807, 2.05) is 47.0 Å². The van der Waals surface area contributed by atoms with Crippen molar-refractivity contribution in [3.05, 3.63) is 89.2 Å². The lowest BCUT2D eigenvalue weighted by atomic mass is 10.2. The first-order valence-corrected chi connectivity index (χ1v) is 10.5. The molecule has 2 aromatic carbocycles. The number of carbonyl (C=O) groups is 1. The molecule has 0 radical (unpaired) electrons. The Morgan fingerprint density at radius 3 is 2.53 bits per heavy atom. The Labute approximate surface area is 187 Å². The maximum atomic E-state index is 12.8. The van der Waals surface area contributed by atoms with Crippen molar-refractivity contribution in [2.45, 2.75) is 17.3 Å². The van der Waals surface area contributed by atoms with Crippen LogP contribution in [0.2, 0.25) is 0 Å². The van der Waals surface area contributed by atoms with Crippen molar-refractivity contribution in [1.29, 1.82) is 0 Å². The summed E-state index contributed by atoms with van der Waals surface area (Å²) in [6.45, 7) is 1.74. The Bertz CT molecular complexity index is 1250. The lowest BCUT2D eigenvalue weighted by Gasteiger charge is -2.14. The molecule has 1 atom stereocenters. The van der Waals surface area contributed by atoms with Gasteiger partial charge in [-0.1, -0.05) is 36.0 Å². The second-order valence-electron chi connectivity index (χ2n) is 6.77. The highest BCUT2D eigenvalue weighted by Crippen LogP contribution is 2.30. The highest BCUT2D eigenvalue weighted by molar-refractivity contribution is 8.00. The molecule has 160 valence electrons. The van der Waals surface area contributed by atoms with Crippen LogP contribution in [0.1, 0.15) is 6.92 Å². The van der Waals surface area contributed by atoms with Gasteiger partial charge in [-0.05, 0) is 37.3 Å². The number of nitrogens with zero attached hydrogens (tertiary/aromatic N) is 5. The third kappa shape index (κ3) is 4.65. The topological polar surface area (TPSA) is 116 Å². The maximum absolute atomic E-state index is 12.8. The van der Waals surface area contributed by atoms with Gasteiger partial charge >= 0.3 is 0 Å². The number of amides is 1. The quantitative estimate of drug-likeness (QED) is 0.255. The predicted octanol–water partition coefficient (Wildman–Crippen LogP) is 4.36. The molecule has 32 heavy (non-hydrogen) atoms. The molecule has 0 saturated heterocycles. The minimum Gasteiger partial charge on any atom is -0.325 e. The summed E-state index contributed by atoms with van der Waals surface area (Å²) < 4.78 is 1.89. The molecule has 0 bridgehead atoms. The SMILES string of the molecule is CC(Sc1nnc(-c2ccncc2)n1-c1ccccc1)C(=O)Nc1cccc([N+](=O)[O-])c1. The lowest BCUT2D eigenvalue weighted by Crippen LogP contribution is -2.23. The number of nitro groups is 1. The van der Waals surface area contributed by atoms with E-state index in [0.717, 1.165) is 11.3 Å². The number of thioether (sulfide) groups is 1. The van der Waals surface area contributed by atoms with Gasteiger partial charge in [0.15, 0.2) is 11.0 Å². The van der Waals surface area contributed by atoms with E-state index in [9.17, 15) is 14.9 Å². The van der Waals surface area contributed by atoms with Gasteiger partial charge in [-0.3, -0.25) is 24.5 Å². The van der Waals surface area contributed by atoms with E-state index in [1.165, 1.54) is 30.0 Å². The molecule has 1 amide bonds. The zero-order valence-corrected chi connectivity index (χ0v) is 17.8. The molecule has 10 heteroatoms. The molecule has 2 heterocycles. The number of pyridine rings is 1. The van der Waals surface area contributed by atoms with Crippen molar-refractivity contribution in [3.8, 4) is 17.1 Å². The molecule has 4 rings (SSSR count). The number of hydrogen-bond donors (Lipinski definition) is 1. The fourth-order valence-electron chi connectivity index (χ4n) is 3.00. The Hall–Kier alpha value is -4.05. The third-order valence-electron chi connectivity index (χ3n) is 4.56. The molecular weight excluding hydrogens is 428 g/mol. The number of para-hydroxylation sites is 1. The zero-order valence-electron chi connectivity index (χ0n) is 17.0. The summed E-state index contributed by atoms with van der Waals surface area (Å²) in [6.07, 6.45) is 3.36. The molecule has 0 aliphatic heterocycles. The average molecular weight is 446 g/mol. The van der Waals surface area contributed by atoms with Crippen molar-refractivity contribution in [1.82, 2.24) is 19.7 Å². The fraction of sp³-hybridized carbons (Fsp3) is 0.0909.